The SMILES string of the molecule is NC1=CC=CC(Cl)C1F. The fourth-order valence-electron chi connectivity index (χ4n) is 0.646. The van der Waals surface area contributed by atoms with Gasteiger partial charge in [0.25, 0.3) is 0 Å². The normalized spacial score (nSPS) is 34.2. The van der Waals surface area contributed by atoms with Crippen LogP contribution in [-0.4, -0.2) is 11.5 Å². The third-order valence-corrected chi connectivity index (χ3v) is 1.55. The fourth-order valence-corrected chi connectivity index (χ4v) is 0.876. The molecule has 1 rings (SSSR count). The van der Waals surface area contributed by atoms with E-state index in [9.17, 15) is 4.39 Å². The molecule has 0 aliphatic heterocycles. The largest absolute Gasteiger partial charge is 0.400 e. The molecule has 0 saturated carbocycles. The third kappa shape index (κ3) is 1.24. The molecule has 0 fully saturated rings. The van der Waals surface area contributed by atoms with Crippen molar-refractivity contribution in [2.24, 2.45) is 5.73 Å². The van der Waals surface area contributed by atoms with E-state index < -0.39 is 11.5 Å². The van der Waals surface area contributed by atoms with Crippen LogP contribution in [0.25, 0.3) is 0 Å². The van der Waals surface area contributed by atoms with Crippen molar-refractivity contribution < 1.29 is 4.39 Å². The van der Waals surface area contributed by atoms with Crippen LogP contribution >= 0.6 is 11.6 Å². The Hall–Kier alpha value is -0.500. The molecule has 0 aromatic heterocycles. The van der Waals surface area contributed by atoms with E-state index in [-0.39, 0.29) is 5.70 Å². The molecule has 0 saturated heterocycles. The molecule has 0 spiro atoms. The molecule has 2 unspecified atom stereocenters. The van der Waals surface area contributed by atoms with E-state index in [1.165, 1.54) is 6.08 Å². The van der Waals surface area contributed by atoms with Crippen LogP contribution < -0.4 is 5.73 Å². The summed E-state index contributed by atoms with van der Waals surface area (Å²) < 4.78 is 12.6. The first-order valence-electron chi connectivity index (χ1n) is 2.64. The number of hydrogen-bond donors (Lipinski definition) is 1. The van der Waals surface area contributed by atoms with Crippen molar-refractivity contribution in [3.63, 3.8) is 0 Å². The van der Waals surface area contributed by atoms with Crippen molar-refractivity contribution >= 4 is 11.6 Å². The molecule has 0 aromatic rings. The van der Waals surface area contributed by atoms with Crippen LogP contribution in [0.4, 0.5) is 4.39 Å². The zero-order valence-corrected chi connectivity index (χ0v) is 5.48. The highest BCUT2D eigenvalue weighted by Gasteiger charge is 2.19. The molecule has 0 heterocycles. The van der Waals surface area contributed by atoms with E-state index in [1.54, 1.807) is 12.2 Å². The number of hydrogen-bond acceptors (Lipinski definition) is 1. The summed E-state index contributed by atoms with van der Waals surface area (Å²) in [6, 6.07) is 0. The molecule has 1 aliphatic carbocycles. The first-order chi connectivity index (χ1) is 4.22. The monoisotopic (exact) mass is 147 g/mol. The maximum absolute atomic E-state index is 12.6. The molecular weight excluding hydrogens is 141 g/mol. The van der Waals surface area contributed by atoms with Crippen LogP contribution in [0.1, 0.15) is 0 Å². The summed E-state index contributed by atoms with van der Waals surface area (Å²) in [6.45, 7) is 0. The van der Waals surface area contributed by atoms with Gasteiger partial charge in [0.2, 0.25) is 0 Å². The Morgan fingerprint density at radius 3 is 2.78 bits per heavy atom. The molecule has 2 N–H and O–H groups in total. The first-order valence-corrected chi connectivity index (χ1v) is 3.07. The Morgan fingerprint density at radius 2 is 2.33 bits per heavy atom. The van der Waals surface area contributed by atoms with Crippen molar-refractivity contribution in [3.05, 3.63) is 23.9 Å². The number of alkyl halides is 2. The molecule has 0 bridgehead atoms. The maximum atomic E-state index is 12.6. The van der Waals surface area contributed by atoms with Gasteiger partial charge < -0.3 is 5.73 Å². The zero-order chi connectivity index (χ0) is 6.85. The minimum Gasteiger partial charge on any atom is -0.400 e. The summed E-state index contributed by atoms with van der Waals surface area (Å²) in [4.78, 5) is 0. The fraction of sp³-hybridized carbons (Fsp3) is 0.333. The molecule has 1 aliphatic rings. The van der Waals surface area contributed by atoms with Crippen LogP contribution in [0, 0.1) is 0 Å². The molecule has 9 heavy (non-hydrogen) atoms. The van der Waals surface area contributed by atoms with E-state index in [0.29, 0.717) is 0 Å². The van der Waals surface area contributed by atoms with Gasteiger partial charge in [0.15, 0.2) is 6.17 Å². The highest BCUT2D eigenvalue weighted by Crippen LogP contribution is 2.17. The standard InChI is InChI=1S/C6H7ClFN/c7-4-2-1-3-5(9)6(4)8/h1-4,6H,9H2. The predicted molar refractivity (Wildman–Crippen MR) is 35.9 cm³/mol. The molecular formula is C6H7ClFN. The molecule has 3 heteroatoms. The second-order valence-electron chi connectivity index (χ2n) is 1.90. The van der Waals surface area contributed by atoms with Gasteiger partial charge in [0.05, 0.1) is 5.38 Å². The quantitative estimate of drug-likeness (QED) is 0.515. The zero-order valence-electron chi connectivity index (χ0n) is 4.72. The van der Waals surface area contributed by atoms with Crippen LogP contribution in [0.5, 0.6) is 0 Å². The van der Waals surface area contributed by atoms with Gasteiger partial charge >= 0.3 is 0 Å². The van der Waals surface area contributed by atoms with E-state index in [2.05, 4.69) is 0 Å². The third-order valence-electron chi connectivity index (χ3n) is 1.18. The van der Waals surface area contributed by atoms with Gasteiger partial charge in [0.1, 0.15) is 0 Å². The highest BCUT2D eigenvalue weighted by molar-refractivity contribution is 6.22. The molecule has 0 radical (unpaired) electrons. The lowest BCUT2D eigenvalue weighted by Gasteiger charge is -2.13. The Labute approximate surface area is 58.0 Å². The molecule has 1 nitrogen and oxygen atoms in total. The highest BCUT2D eigenvalue weighted by atomic mass is 35.5. The van der Waals surface area contributed by atoms with Gasteiger partial charge in [-0.25, -0.2) is 4.39 Å². The Kier molecular flexibility index (Phi) is 1.76. The van der Waals surface area contributed by atoms with Crippen molar-refractivity contribution in [3.8, 4) is 0 Å². The Morgan fingerprint density at radius 1 is 1.67 bits per heavy atom. The number of rotatable bonds is 0. The summed E-state index contributed by atoms with van der Waals surface area (Å²) in [6.07, 6.45) is 3.53. The van der Waals surface area contributed by atoms with Crippen molar-refractivity contribution in [2.75, 3.05) is 0 Å². The smallest absolute Gasteiger partial charge is 0.159 e. The van der Waals surface area contributed by atoms with E-state index in [0.717, 1.165) is 0 Å². The Bertz CT molecular complexity index is 164. The van der Waals surface area contributed by atoms with Gasteiger partial charge in [-0.1, -0.05) is 12.2 Å². The minimum absolute atomic E-state index is 0.206. The number of halogens is 2. The van der Waals surface area contributed by atoms with Crippen LogP contribution in [0.2, 0.25) is 0 Å². The second-order valence-corrected chi connectivity index (χ2v) is 2.40. The Balaban J connectivity index is 2.73. The molecule has 0 aromatic carbocycles. The van der Waals surface area contributed by atoms with Gasteiger partial charge in [-0.15, -0.1) is 11.6 Å². The van der Waals surface area contributed by atoms with Gasteiger partial charge in [-0.3, -0.25) is 0 Å². The first kappa shape index (κ1) is 6.62. The topological polar surface area (TPSA) is 26.0 Å². The lowest BCUT2D eigenvalue weighted by molar-refractivity contribution is 0.383. The van der Waals surface area contributed by atoms with Gasteiger partial charge in [0, 0.05) is 5.70 Å². The van der Waals surface area contributed by atoms with Crippen molar-refractivity contribution in [1.29, 1.82) is 0 Å². The van der Waals surface area contributed by atoms with Crippen LogP contribution in [0.15, 0.2) is 23.9 Å². The summed E-state index contributed by atoms with van der Waals surface area (Å²) in [5, 5.41) is -0.588. The van der Waals surface area contributed by atoms with Gasteiger partial charge in [-0.2, -0.15) is 0 Å². The average Bonchev–Trinajstić information content (AvgIpc) is 1.83. The summed E-state index contributed by atoms with van der Waals surface area (Å²) in [7, 11) is 0. The van der Waals surface area contributed by atoms with Crippen LogP contribution in [0.3, 0.4) is 0 Å². The van der Waals surface area contributed by atoms with E-state index in [1.807, 2.05) is 0 Å². The predicted octanol–water partition coefficient (Wildman–Crippen LogP) is 1.34. The average molecular weight is 148 g/mol. The number of nitrogens with two attached hydrogens (primary N) is 1. The summed E-state index contributed by atoms with van der Waals surface area (Å²) >= 11 is 5.48. The molecule has 50 valence electrons. The van der Waals surface area contributed by atoms with Crippen molar-refractivity contribution in [1.82, 2.24) is 0 Å². The minimum atomic E-state index is -1.21. The summed E-state index contributed by atoms with van der Waals surface area (Å²) in [5.74, 6) is 0. The number of allylic oxidation sites excluding steroid dienone is 4. The molecule has 0 amide bonds. The van der Waals surface area contributed by atoms with Crippen molar-refractivity contribution in [2.45, 2.75) is 11.5 Å². The second kappa shape index (κ2) is 2.40. The maximum Gasteiger partial charge on any atom is 0.159 e. The summed E-state index contributed by atoms with van der Waals surface area (Å²) in [5.41, 5.74) is 5.43. The van der Waals surface area contributed by atoms with E-state index >= 15 is 0 Å². The lowest BCUT2D eigenvalue weighted by atomic mass is 10.1. The lowest BCUT2D eigenvalue weighted by Crippen LogP contribution is -2.23. The van der Waals surface area contributed by atoms with E-state index in [4.69, 9.17) is 17.3 Å². The molecule has 2 atom stereocenters. The van der Waals surface area contributed by atoms with Crippen LogP contribution in [-0.2, 0) is 0 Å². The van der Waals surface area contributed by atoms with Gasteiger partial charge in [-0.05, 0) is 6.08 Å².